The van der Waals surface area contributed by atoms with Gasteiger partial charge in [0.15, 0.2) is 0 Å². The molecule has 0 saturated carbocycles. The van der Waals surface area contributed by atoms with Crippen molar-refractivity contribution in [2.24, 2.45) is 5.92 Å². The maximum atomic E-state index is 12.7. The topological polar surface area (TPSA) is 41.6 Å². The molecule has 0 aromatic heterocycles. The van der Waals surface area contributed by atoms with E-state index in [-0.39, 0.29) is 5.92 Å². The lowest BCUT2D eigenvalue weighted by atomic mass is 9.90. The fourth-order valence-corrected chi connectivity index (χ4v) is 3.46. The second kappa shape index (κ2) is 6.06. The Morgan fingerprint density at radius 3 is 3.00 bits per heavy atom. The zero-order valence-electron chi connectivity index (χ0n) is 12.9. The molecular formula is C17H24N2O2. The normalized spacial score (nSPS) is 25.3. The summed E-state index contributed by atoms with van der Waals surface area (Å²) in [5.41, 5.74) is 2.58. The number of piperidine rings is 1. The third kappa shape index (κ3) is 3.05. The highest BCUT2D eigenvalue weighted by molar-refractivity contribution is 5.79. The van der Waals surface area contributed by atoms with Crippen molar-refractivity contribution in [2.75, 3.05) is 20.2 Å². The smallest absolute Gasteiger partial charge is 0.226 e. The van der Waals surface area contributed by atoms with E-state index in [0.717, 1.165) is 44.6 Å². The number of carbonyl (C=O) groups is 1. The Morgan fingerprint density at radius 1 is 1.38 bits per heavy atom. The van der Waals surface area contributed by atoms with E-state index in [1.807, 2.05) is 11.0 Å². The second-order valence-electron chi connectivity index (χ2n) is 6.22. The Labute approximate surface area is 126 Å². The maximum Gasteiger partial charge on any atom is 0.226 e. The molecule has 1 saturated heterocycles. The number of ether oxygens (including phenoxy) is 1. The van der Waals surface area contributed by atoms with Gasteiger partial charge in [0.25, 0.3) is 0 Å². The molecule has 3 rings (SSSR count). The van der Waals surface area contributed by atoms with E-state index < -0.39 is 0 Å². The first kappa shape index (κ1) is 14.4. The van der Waals surface area contributed by atoms with E-state index in [0.29, 0.717) is 11.9 Å². The predicted molar refractivity (Wildman–Crippen MR) is 82.3 cm³/mol. The average Bonchev–Trinajstić information content (AvgIpc) is 2.53. The molecule has 4 heteroatoms. The summed E-state index contributed by atoms with van der Waals surface area (Å²) >= 11 is 0. The number of benzene rings is 1. The van der Waals surface area contributed by atoms with Crippen LogP contribution >= 0.6 is 0 Å². The number of nitrogens with zero attached hydrogens (tertiary/aromatic N) is 1. The van der Waals surface area contributed by atoms with E-state index in [1.54, 1.807) is 7.11 Å². The molecular weight excluding hydrogens is 264 g/mol. The standard InChI is InChI=1S/C17H24N2O2/c1-12-9-14(5-7-18-12)17(20)19-8-6-13-3-4-16(21-2)10-15(13)11-19/h3-4,10,12,14,18H,5-9,11H2,1-2H3/t12-,14-/m0/s1. The number of nitrogens with one attached hydrogen (secondary N) is 1. The molecule has 2 aliphatic heterocycles. The fourth-order valence-electron chi connectivity index (χ4n) is 3.46. The van der Waals surface area contributed by atoms with Crippen LogP contribution in [0.2, 0.25) is 0 Å². The van der Waals surface area contributed by atoms with Gasteiger partial charge in [-0.05, 0) is 56.0 Å². The van der Waals surface area contributed by atoms with Gasteiger partial charge in [-0.3, -0.25) is 4.79 Å². The van der Waals surface area contributed by atoms with Crippen LogP contribution < -0.4 is 10.1 Å². The van der Waals surface area contributed by atoms with E-state index in [9.17, 15) is 4.79 Å². The summed E-state index contributed by atoms with van der Waals surface area (Å²) in [6, 6.07) is 6.65. The van der Waals surface area contributed by atoms with E-state index in [2.05, 4.69) is 24.4 Å². The molecule has 1 aromatic carbocycles. The zero-order valence-corrected chi connectivity index (χ0v) is 12.9. The molecule has 0 unspecified atom stereocenters. The average molecular weight is 288 g/mol. The number of hydrogen-bond donors (Lipinski definition) is 1. The predicted octanol–water partition coefficient (Wildman–Crippen LogP) is 1.97. The van der Waals surface area contributed by atoms with Gasteiger partial charge in [0.2, 0.25) is 5.91 Å². The Morgan fingerprint density at radius 2 is 2.24 bits per heavy atom. The Hall–Kier alpha value is -1.55. The van der Waals surface area contributed by atoms with Crippen LogP contribution in [0.5, 0.6) is 5.75 Å². The largest absolute Gasteiger partial charge is 0.497 e. The van der Waals surface area contributed by atoms with Crippen LogP contribution in [0, 0.1) is 5.92 Å². The molecule has 1 amide bonds. The minimum Gasteiger partial charge on any atom is -0.497 e. The van der Waals surface area contributed by atoms with Gasteiger partial charge in [-0.25, -0.2) is 0 Å². The van der Waals surface area contributed by atoms with Crippen molar-refractivity contribution in [3.8, 4) is 5.75 Å². The van der Waals surface area contributed by atoms with Crippen molar-refractivity contribution in [3.05, 3.63) is 29.3 Å². The minimum absolute atomic E-state index is 0.188. The van der Waals surface area contributed by atoms with Gasteiger partial charge in [0, 0.05) is 25.0 Å². The van der Waals surface area contributed by atoms with E-state index >= 15 is 0 Å². The molecule has 1 fully saturated rings. The first-order chi connectivity index (χ1) is 10.2. The SMILES string of the molecule is COc1ccc2c(c1)CN(C(=O)[C@H]1CCN[C@@H](C)C1)CC2. The van der Waals surface area contributed by atoms with Crippen molar-refractivity contribution >= 4 is 5.91 Å². The molecule has 4 nitrogen and oxygen atoms in total. The Kier molecular flexibility index (Phi) is 4.15. The van der Waals surface area contributed by atoms with Crippen LogP contribution in [0.1, 0.15) is 30.9 Å². The van der Waals surface area contributed by atoms with Gasteiger partial charge in [0.05, 0.1) is 7.11 Å². The van der Waals surface area contributed by atoms with Crippen molar-refractivity contribution < 1.29 is 9.53 Å². The summed E-state index contributed by atoms with van der Waals surface area (Å²) in [5, 5.41) is 3.41. The quantitative estimate of drug-likeness (QED) is 0.904. The molecule has 0 aliphatic carbocycles. The van der Waals surface area contributed by atoms with E-state index in [4.69, 9.17) is 4.74 Å². The third-order valence-corrected chi connectivity index (χ3v) is 4.71. The molecule has 0 bridgehead atoms. The van der Waals surface area contributed by atoms with Crippen LogP contribution in [0.3, 0.4) is 0 Å². The van der Waals surface area contributed by atoms with Crippen LogP contribution in [-0.2, 0) is 17.8 Å². The first-order valence-electron chi connectivity index (χ1n) is 7.85. The van der Waals surface area contributed by atoms with Crippen molar-refractivity contribution in [1.29, 1.82) is 0 Å². The Bertz CT molecular complexity index is 530. The molecule has 1 N–H and O–H groups in total. The highest BCUT2D eigenvalue weighted by atomic mass is 16.5. The molecule has 114 valence electrons. The highest BCUT2D eigenvalue weighted by Gasteiger charge is 2.30. The molecule has 2 atom stereocenters. The van der Waals surface area contributed by atoms with Gasteiger partial charge in [0.1, 0.15) is 5.75 Å². The Balaban J connectivity index is 1.71. The maximum absolute atomic E-state index is 12.7. The van der Waals surface area contributed by atoms with Crippen LogP contribution in [0.25, 0.3) is 0 Å². The van der Waals surface area contributed by atoms with Crippen molar-refractivity contribution in [3.63, 3.8) is 0 Å². The number of carbonyl (C=O) groups excluding carboxylic acids is 1. The zero-order chi connectivity index (χ0) is 14.8. The van der Waals surface area contributed by atoms with Crippen LogP contribution in [-0.4, -0.2) is 37.0 Å². The van der Waals surface area contributed by atoms with Crippen LogP contribution in [0.4, 0.5) is 0 Å². The number of rotatable bonds is 2. The summed E-state index contributed by atoms with van der Waals surface area (Å²) in [5.74, 6) is 1.39. The number of hydrogen-bond acceptors (Lipinski definition) is 3. The monoisotopic (exact) mass is 288 g/mol. The summed E-state index contributed by atoms with van der Waals surface area (Å²) in [7, 11) is 1.68. The lowest BCUT2D eigenvalue weighted by Gasteiger charge is -2.35. The first-order valence-corrected chi connectivity index (χ1v) is 7.85. The third-order valence-electron chi connectivity index (χ3n) is 4.71. The molecule has 1 aromatic rings. The lowest BCUT2D eigenvalue weighted by Crippen LogP contribution is -2.45. The summed E-state index contributed by atoms with van der Waals surface area (Å²) in [6.07, 6.45) is 2.87. The fraction of sp³-hybridized carbons (Fsp3) is 0.588. The van der Waals surface area contributed by atoms with Gasteiger partial charge >= 0.3 is 0 Å². The number of methoxy groups -OCH3 is 1. The summed E-state index contributed by atoms with van der Waals surface area (Å²) in [6.45, 7) is 4.69. The second-order valence-corrected chi connectivity index (χ2v) is 6.22. The van der Waals surface area contributed by atoms with Crippen LogP contribution in [0.15, 0.2) is 18.2 Å². The van der Waals surface area contributed by atoms with Gasteiger partial charge in [-0.15, -0.1) is 0 Å². The van der Waals surface area contributed by atoms with Crippen molar-refractivity contribution in [1.82, 2.24) is 10.2 Å². The molecule has 2 aliphatic rings. The molecule has 21 heavy (non-hydrogen) atoms. The lowest BCUT2D eigenvalue weighted by molar-refractivity contribution is -0.137. The minimum atomic E-state index is 0.188. The van der Waals surface area contributed by atoms with Gasteiger partial charge in [-0.1, -0.05) is 6.07 Å². The highest BCUT2D eigenvalue weighted by Crippen LogP contribution is 2.26. The number of fused-ring (bicyclic) bond motifs is 1. The molecule has 0 radical (unpaired) electrons. The van der Waals surface area contributed by atoms with Gasteiger partial charge in [-0.2, -0.15) is 0 Å². The van der Waals surface area contributed by atoms with Gasteiger partial charge < -0.3 is 15.0 Å². The number of amides is 1. The van der Waals surface area contributed by atoms with E-state index in [1.165, 1.54) is 11.1 Å². The summed E-state index contributed by atoms with van der Waals surface area (Å²) in [4.78, 5) is 14.8. The summed E-state index contributed by atoms with van der Waals surface area (Å²) < 4.78 is 5.29. The molecule has 2 heterocycles. The van der Waals surface area contributed by atoms with Crippen molar-refractivity contribution in [2.45, 2.75) is 38.8 Å². The molecule has 0 spiro atoms.